The van der Waals surface area contributed by atoms with E-state index in [9.17, 15) is 14.0 Å². The first kappa shape index (κ1) is 24.2. The number of nitrogens with one attached hydrogen (secondary N) is 4. The molecule has 3 rings (SSSR count). The molecule has 0 unspecified atom stereocenters. The van der Waals surface area contributed by atoms with E-state index < -0.39 is 11.7 Å². The number of halogens is 1. The second kappa shape index (κ2) is 10.0. The zero-order valence-corrected chi connectivity index (χ0v) is 19.9. The Bertz CT molecular complexity index is 1160. The quantitative estimate of drug-likeness (QED) is 0.387. The summed E-state index contributed by atoms with van der Waals surface area (Å²) in [4.78, 5) is 41.7. The van der Waals surface area contributed by atoms with E-state index in [4.69, 9.17) is 0 Å². The van der Waals surface area contributed by atoms with Gasteiger partial charge in [0, 0.05) is 24.8 Å². The van der Waals surface area contributed by atoms with Crippen LogP contribution in [0.3, 0.4) is 0 Å². The normalized spacial score (nSPS) is 12.3. The van der Waals surface area contributed by atoms with Crippen LogP contribution in [-0.4, -0.2) is 50.5 Å². The van der Waals surface area contributed by atoms with Gasteiger partial charge >= 0.3 is 6.03 Å². The number of thiazole rings is 1. The number of aryl methyl sites for hydroxylation is 1. The number of hydrogen-bond donors (Lipinski definition) is 4. The SMILES string of the molecule is Cc1nc2nc(N[C@@H](C)c3cncc(F)c3)nc(C(=O)NCCNC(=O)NC(C)(C)C)c2s1. The molecule has 0 aliphatic heterocycles. The standard InChI is InChI=1S/C21H27FN8O2S/c1-11(13-8-14(22)10-23-9-13)26-19-28-15(16-17(29-19)27-12(2)33-16)18(31)24-6-7-25-20(32)30-21(3,4)5/h8-11H,6-7H2,1-5H3,(H,24,31)(H2,25,30,32)(H,26,28,29)/t11-/m0/s1. The summed E-state index contributed by atoms with van der Waals surface area (Å²) < 4.78 is 14.1. The van der Waals surface area contributed by atoms with Crippen molar-refractivity contribution in [1.29, 1.82) is 0 Å². The highest BCUT2D eigenvalue weighted by Gasteiger charge is 2.20. The second-order valence-corrected chi connectivity index (χ2v) is 9.67. The summed E-state index contributed by atoms with van der Waals surface area (Å²) in [5.74, 6) is -0.665. The number of hydrogen-bond acceptors (Lipinski definition) is 8. The minimum Gasteiger partial charge on any atom is -0.349 e. The van der Waals surface area contributed by atoms with Crippen molar-refractivity contribution in [3.8, 4) is 0 Å². The molecule has 0 aliphatic carbocycles. The largest absolute Gasteiger partial charge is 0.349 e. The van der Waals surface area contributed by atoms with Crippen LogP contribution in [-0.2, 0) is 0 Å². The van der Waals surface area contributed by atoms with Gasteiger partial charge in [0.2, 0.25) is 5.95 Å². The molecular weight excluding hydrogens is 447 g/mol. The van der Waals surface area contributed by atoms with E-state index in [0.29, 0.717) is 15.9 Å². The summed E-state index contributed by atoms with van der Waals surface area (Å²) in [7, 11) is 0. The van der Waals surface area contributed by atoms with Gasteiger partial charge in [-0.3, -0.25) is 9.78 Å². The number of anilines is 1. The zero-order chi connectivity index (χ0) is 24.2. The number of aromatic nitrogens is 4. The number of pyridine rings is 1. The summed E-state index contributed by atoms with van der Waals surface area (Å²) in [6, 6.07) is 0.700. The Kier molecular flexibility index (Phi) is 7.36. The number of carbonyl (C=O) groups is 2. The lowest BCUT2D eigenvalue weighted by Crippen LogP contribution is -2.48. The Hall–Kier alpha value is -3.41. The molecule has 1 atom stereocenters. The molecule has 0 radical (unpaired) electrons. The van der Waals surface area contributed by atoms with Crippen LogP contribution < -0.4 is 21.3 Å². The molecule has 3 aromatic rings. The molecule has 0 saturated heterocycles. The third-order valence-corrected chi connectivity index (χ3v) is 5.30. The van der Waals surface area contributed by atoms with Crippen molar-refractivity contribution in [2.24, 2.45) is 0 Å². The predicted molar refractivity (Wildman–Crippen MR) is 125 cm³/mol. The van der Waals surface area contributed by atoms with E-state index in [1.54, 1.807) is 6.20 Å². The first-order valence-electron chi connectivity index (χ1n) is 10.4. The molecule has 0 fully saturated rings. The van der Waals surface area contributed by atoms with E-state index in [0.717, 1.165) is 11.2 Å². The average molecular weight is 475 g/mol. The van der Waals surface area contributed by atoms with Crippen LogP contribution in [0.2, 0.25) is 0 Å². The highest BCUT2D eigenvalue weighted by Crippen LogP contribution is 2.26. The van der Waals surface area contributed by atoms with Crippen molar-refractivity contribution in [2.45, 2.75) is 46.2 Å². The van der Waals surface area contributed by atoms with Crippen molar-refractivity contribution in [3.63, 3.8) is 0 Å². The van der Waals surface area contributed by atoms with Gasteiger partial charge in [-0.05, 0) is 46.2 Å². The van der Waals surface area contributed by atoms with Crippen molar-refractivity contribution in [2.75, 3.05) is 18.4 Å². The van der Waals surface area contributed by atoms with Gasteiger partial charge in [0.1, 0.15) is 10.5 Å². The topological polar surface area (TPSA) is 134 Å². The van der Waals surface area contributed by atoms with Gasteiger partial charge in [-0.2, -0.15) is 4.98 Å². The molecule has 176 valence electrons. The molecule has 0 aromatic carbocycles. The van der Waals surface area contributed by atoms with Crippen molar-refractivity contribution in [3.05, 3.63) is 40.5 Å². The van der Waals surface area contributed by atoms with E-state index in [2.05, 4.69) is 41.2 Å². The van der Waals surface area contributed by atoms with Crippen LogP contribution in [0.15, 0.2) is 18.5 Å². The molecule has 3 heterocycles. The van der Waals surface area contributed by atoms with Crippen LogP contribution in [0.5, 0.6) is 0 Å². The van der Waals surface area contributed by atoms with E-state index >= 15 is 0 Å². The maximum Gasteiger partial charge on any atom is 0.315 e. The van der Waals surface area contributed by atoms with Crippen molar-refractivity contribution < 1.29 is 14.0 Å². The van der Waals surface area contributed by atoms with Gasteiger partial charge in [-0.25, -0.2) is 19.2 Å². The fraction of sp³-hybridized carbons (Fsp3) is 0.429. The maximum absolute atomic E-state index is 13.5. The Morgan fingerprint density at radius 3 is 2.55 bits per heavy atom. The summed E-state index contributed by atoms with van der Waals surface area (Å²) in [6.07, 6.45) is 2.67. The fourth-order valence-electron chi connectivity index (χ4n) is 2.91. The van der Waals surface area contributed by atoms with Crippen LogP contribution >= 0.6 is 11.3 Å². The first-order valence-corrected chi connectivity index (χ1v) is 11.2. The van der Waals surface area contributed by atoms with Gasteiger partial charge < -0.3 is 21.3 Å². The average Bonchev–Trinajstić information content (AvgIpc) is 3.09. The molecule has 3 aromatic heterocycles. The molecule has 10 nitrogen and oxygen atoms in total. The number of carbonyl (C=O) groups excluding carboxylic acids is 2. The van der Waals surface area contributed by atoms with Gasteiger partial charge in [0.05, 0.1) is 17.2 Å². The lowest BCUT2D eigenvalue weighted by atomic mass is 10.1. The summed E-state index contributed by atoms with van der Waals surface area (Å²) in [5.41, 5.74) is 0.828. The van der Waals surface area contributed by atoms with Crippen molar-refractivity contribution >= 4 is 39.6 Å². The maximum atomic E-state index is 13.5. The number of nitrogens with zero attached hydrogens (tertiary/aromatic N) is 4. The van der Waals surface area contributed by atoms with Crippen LogP contribution in [0, 0.1) is 12.7 Å². The second-order valence-electron chi connectivity index (χ2n) is 8.47. The Labute approximate surface area is 194 Å². The fourth-order valence-corrected chi connectivity index (χ4v) is 3.75. The highest BCUT2D eigenvalue weighted by atomic mass is 32.1. The Morgan fingerprint density at radius 2 is 1.85 bits per heavy atom. The third-order valence-electron chi connectivity index (χ3n) is 4.33. The molecule has 4 N–H and O–H groups in total. The molecule has 0 bridgehead atoms. The lowest BCUT2D eigenvalue weighted by Gasteiger charge is -2.20. The first-order chi connectivity index (χ1) is 15.5. The summed E-state index contributed by atoms with van der Waals surface area (Å²) in [6.45, 7) is 9.73. The van der Waals surface area contributed by atoms with Gasteiger partial charge in [-0.1, -0.05) is 0 Å². The molecule has 0 aliphatic rings. The van der Waals surface area contributed by atoms with Crippen LogP contribution in [0.1, 0.15) is 54.8 Å². The van der Waals surface area contributed by atoms with Gasteiger partial charge in [0.25, 0.3) is 5.91 Å². The highest BCUT2D eigenvalue weighted by molar-refractivity contribution is 7.18. The third kappa shape index (κ3) is 6.78. The molecular formula is C21H27FN8O2S. The smallest absolute Gasteiger partial charge is 0.315 e. The van der Waals surface area contributed by atoms with Crippen LogP contribution in [0.25, 0.3) is 10.3 Å². The lowest BCUT2D eigenvalue weighted by molar-refractivity contribution is 0.0950. The molecule has 0 saturated carbocycles. The molecule has 3 amide bonds. The predicted octanol–water partition coefficient (Wildman–Crippen LogP) is 2.93. The summed E-state index contributed by atoms with van der Waals surface area (Å²) >= 11 is 1.32. The number of rotatable bonds is 7. The van der Waals surface area contributed by atoms with Gasteiger partial charge in [-0.15, -0.1) is 11.3 Å². The number of amides is 3. The van der Waals surface area contributed by atoms with E-state index in [-0.39, 0.29) is 42.3 Å². The van der Waals surface area contributed by atoms with Crippen molar-refractivity contribution in [1.82, 2.24) is 35.9 Å². The van der Waals surface area contributed by atoms with Gasteiger partial charge in [0.15, 0.2) is 11.3 Å². The molecule has 0 spiro atoms. The zero-order valence-electron chi connectivity index (χ0n) is 19.1. The minimum absolute atomic E-state index is 0.178. The monoisotopic (exact) mass is 474 g/mol. The minimum atomic E-state index is -0.447. The number of urea groups is 1. The Morgan fingerprint density at radius 1 is 1.12 bits per heavy atom. The van der Waals surface area contributed by atoms with Crippen LogP contribution in [0.4, 0.5) is 15.1 Å². The Balaban J connectivity index is 1.71. The molecule has 33 heavy (non-hydrogen) atoms. The van der Waals surface area contributed by atoms with E-state index in [1.807, 2.05) is 34.6 Å². The summed E-state index contributed by atoms with van der Waals surface area (Å²) in [5, 5.41) is 12.1. The number of fused-ring (bicyclic) bond motifs is 1. The van der Waals surface area contributed by atoms with E-state index in [1.165, 1.54) is 17.4 Å². The molecule has 12 heteroatoms.